The molecule has 56 valence electrons. The van der Waals surface area contributed by atoms with E-state index in [2.05, 4.69) is 26.0 Å². The summed E-state index contributed by atoms with van der Waals surface area (Å²) in [5, 5.41) is 0. The third-order valence-electron chi connectivity index (χ3n) is 3.39. The molecular formula is C10H16. The number of rotatable bonds is 0. The lowest BCUT2D eigenvalue weighted by atomic mass is 9.91. The molecule has 0 aromatic carbocycles. The molecule has 2 aliphatic carbocycles. The van der Waals surface area contributed by atoms with E-state index < -0.39 is 0 Å². The third kappa shape index (κ3) is 0.744. The van der Waals surface area contributed by atoms with E-state index in [0.717, 1.165) is 23.7 Å². The van der Waals surface area contributed by atoms with Gasteiger partial charge in [0.2, 0.25) is 0 Å². The molecule has 0 aromatic rings. The van der Waals surface area contributed by atoms with Crippen LogP contribution in [-0.4, -0.2) is 0 Å². The van der Waals surface area contributed by atoms with Gasteiger partial charge in [0, 0.05) is 0 Å². The van der Waals surface area contributed by atoms with Gasteiger partial charge >= 0.3 is 0 Å². The van der Waals surface area contributed by atoms with Gasteiger partial charge in [0.15, 0.2) is 0 Å². The lowest BCUT2D eigenvalue weighted by molar-refractivity contribution is 0.382. The highest BCUT2D eigenvalue weighted by Crippen LogP contribution is 2.46. The van der Waals surface area contributed by atoms with Crippen molar-refractivity contribution in [2.75, 3.05) is 0 Å². The Morgan fingerprint density at radius 2 is 2.00 bits per heavy atom. The van der Waals surface area contributed by atoms with Crippen molar-refractivity contribution in [3.8, 4) is 0 Å². The quantitative estimate of drug-likeness (QED) is 0.449. The standard InChI is InChI=1S/C10H16/c1-7-6-8(2)10-5-3-4-9(7)10/h3-4,7-10H,5-6H2,1-2H3. The lowest BCUT2D eigenvalue weighted by Crippen LogP contribution is -2.07. The largest absolute Gasteiger partial charge is 0.0879 e. The Morgan fingerprint density at radius 3 is 2.70 bits per heavy atom. The first-order valence-corrected chi connectivity index (χ1v) is 4.45. The van der Waals surface area contributed by atoms with Crippen LogP contribution in [0.3, 0.4) is 0 Å². The highest BCUT2D eigenvalue weighted by molar-refractivity contribution is 5.07. The normalized spacial score (nSPS) is 51.8. The summed E-state index contributed by atoms with van der Waals surface area (Å²) >= 11 is 0. The van der Waals surface area contributed by atoms with E-state index in [0.29, 0.717) is 0 Å². The Morgan fingerprint density at radius 1 is 1.20 bits per heavy atom. The number of hydrogen-bond acceptors (Lipinski definition) is 0. The van der Waals surface area contributed by atoms with Gasteiger partial charge in [-0.15, -0.1) is 0 Å². The number of allylic oxidation sites excluding steroid dienone is 2. The van der Waals surface area contributed by atoms with Gasteiger partial charge in [0.25, 0.3) is 0 Å². The van der Waals surface area contributed by atoms with Crippen molar-refractivity contribution in [3.63, 3.8) is 0 Å². The molecule has 0 amide bonds. The number of fused-ring (bicyclic) bond motifs is 1. The molecule has 1 fully saturated rings. The van der Waals surface area contributed by atoms with Gasteiger partial charge in [0.1, 0.15) is 0 Å². The molecule has 0 saturated heterocycles. The predicted octanol–water partition coefficient (Wildman–Crippen LogP) is 2.85. The molecule has 0 radical (unpaired) electrons. The first kappa shape index (κ1) is 6.45. The van der Waals surface area contributed by atoms with E-state index in [1.807, 2.05) is 0 Å². The zero-order valence-electron chi connectivity index (χ0n) is 6.88. The second-order valence-electron chi connectivity index (χ2n) is 4.10. The minimum Gasteiger partial charge on any atom is -0.0879 e. The second kappa shape index (κ2) is 2.11. The van der Waals surface area contributed by atoms with Crippen LogP contribution < -0.4 is 0 Å². The van der Waals surface area contributed by atoms with Crippen molar-refractivity contribution in [1.82, 2.24) is 0 Å². The van der Waals surface area contributed by atoms with Crippen LogP contribution in [0.15, 0.2) is 12.2 Å². The Kier molecular flexibility index (Phi) is 1.36. The fourth-order valence-electron chi connectivity index (χ4n) is 2.83. The molecule has 0 heterocycles. The van der Waals surface area contributed by atoms with Crippen LogP contribution in [0.4, 0.5) is 0 Å². The van der Waals surface area contributed by atoms with Gasteiger partial charge in [-0.1, -0.05) is 26.0 Å². The maximum absolute atomic E-state index is 2.44. The molecule has 0 spiro atoms. The fourth-order valence-corrected chi connectivity index (χ4v) is 2.83. The third-order valence-corrected chi connectivity index (χ3v) is 3.39. The van der Waals surface area contributed by atoms with Crippen LogP contribution in [0.5, 0.6) is 0 Å². The first-order chi connectivity index (χ1) is 4.79. The van der Waals surface area contributed by atoms with Crippen molar-refractivity contribution in [2.24, 2.45) is 23.7 Å². The van der Waals surface area contributed by atoms with E-state index in [-0.39, 0.29) is 0 Å². The smallest absolute Gasteiger partial charge is 0.0174 e. The summed E-state index contributed by atoms with van der Waals surface area (Å²) < 4.78 is 0. The van der Waals surface area contributed by atoms with Gasteiger partial charge < -0.3 is 0 Å². The van der Waals surface area contributed by atoms with Crippen LogP contribution >= 0.6 is 0 Å². The van der Waals surface area contributed by atoms with Crippen LogP contribution in [0.2, 0.25) is 0 Å². The monoisotopic (exact) mass is 136 g/mol. The summed E-state index contributed by atoms with van der Waals surface area (Å²) in [5.74, 6) is 3.89. The maximum Gasteiger partial charge on any atom is -0.0174 e. The van der Waals surface area contributed by atoms with E-state index >= 15 is 0 Å². The van der Waals surface area contributed by atoms with Crippen molar-refractivity contribution >= 4 is 0 Å². The van der Waals surface area contributed by atoms with Crippen molar-refractivity contribution in [3.05, 3.63) is 12.2 Å². The minimum atomic E-state index is 0.940. The van der Waals surface area contributed by atoms with E-state index in [1.165, 1.54) is 12.8 Å². The summed E-state index contributed by atoms with van der Waals surface area (Å²) in [6, 6.07) is 0. The summed E-state index contributed by atoms with van der Waals surface area (Å²) in [5.41, 5.74) is 0. The molecule has 4 atom stereocenters. The molecule has 10 heavy (non-hydrogen) atoms. The molecule has 0 nitrogen and oxygen atoms in total. The van der Waals surface area contributed by atoms with Crippen LogP contribution in [-0.2, 0) is 0 Å². The molecule has 1 saturated carbocycles. The van der Waals surface area contributed by atoms with Crippen LogP contribution in [0.1, 0.15) is 26.7 Å². The average molecular weight is 136 g/mol. The topological polar surface area (TPSA) is 0 Å². The highest BCUT2D eigenvalue weighted by Gasteiger charge is 2.38. The molecule has 0 aromatic heterocycles. The SMILES string of the molecule is CC1CC(C)C2CC=CC12. The molecule has 2 aliphatic rings. The fraction of sp³-hybridized carbons (Fsp3) is 0.800. The maximum atomic E-state index is 2.44. The van der Waals surface area contributed by atoms with E-state index in [9.17, 15) is 0 Å². The van der Waals surface area contributed by atoms with Gasteiger partial charge in [-0.25, -0.2) is 0 Å². The zero-order chi connectivity index (χ0) is 7.14. The van der Waals surface area contributed by atoms with Crippen molar-refractivity contribution < 1.29 is 0 Å². The Balaban J connectivity index is 2.17. The summed E-state index contributed by atoms with van der Waals surface area (Å²) in [7, 11) is 0. The zero-order valence-corrected chi connectivity index (χ0v) is 6.88. The molecule has 0 aliphatic heterocycles. The second-order valence-corrected chi connectivity index (χ2v) is 4.10. The van der Waals surface area contributed by atoms with Crippen molar-refractivity contribution in [2.45, 2.75) is 26.7 Å². The Labute approximate surface area is 63.3 Å². The van der Waals surface area contributed by atoms with Crippen molar-refractivity contribution in [1.29, 1.82) is 0 Å². The van der Waals surface area contributed by atoms with E-state index in [1.54, 1.807) is 0 Å². The lowest BCUT2D eigenvalue weighted by Gasteiger charge is -2.13. The summed E-state index contributed by atoms with van der Waals surface area (Å²) in [6.07, 6.45) is 7.64. The Hall–Kier alpha value is -0.260. The molecular weight excluding hydrogens is 120 g/mol. The summed E-state index contributed by atoms with van der Waals surface area (Å²) in [4.78, 5) is 0. The number of hydrogen-bond donors (Lipinski definition) is 0. The van der Waals surface area contributed by atoms with E-state index in [4.69, 9.17) is 0 Å². The van der Waals surface area contributed by atoms with Crippen LogP contribution in [0, 0.1) is 23.7 Å². The van der Waals surface area contributed by atoms with Crippen LogP contribution in [0.25, 0.3) is 0 Å². The van der Waals surface area contributed by atoms with Gasteiger partial charge in [-0.3, -0.25) is 0 Å². The molecule has 2 rings (SSSR count). The minimum absolute atomic E-state index is 0.940. The molecule has 0 heteroatoms. The first-order valence-electron chi connectivity index (χ1n) is 4.45. The highest BCUT2D eigenvalue weighted by atomic mass is 14.4. The van der Waals surface area contributed by atoms with Gasteiger partial charge in [0.05, 0.1) is 0 Å². The molecule has 0 bridgehead atoms. The molecule has 0 N–H and O–H groups in total. The predicted molar refractivity (Wildman–Crippen MR) is 43.7 cm³/mol. The molecule has 4 unspecified atom stereocenters. The van der Waals surface area contributed by atoms with Gasteiger partial charge in [-0.2, -0.15) is 0 Å². The summed E-state index contributed by atoms with van der Waals surface area (Å²) in [6.45, 7) is 4.81. The Bertz CT molecular complexity index is 157. The van der Waals surface area contributed by atoms with Gasteiger partial charge in [-0.05, 0) is 36.5 Å². The average Bonchev–Trinajstić information content (AvgIpc) is 2.39.